The fraction of sp³-hybridized carbons (Fsp3) is 0.353. The average Bonchev–Trinajstić information content (AvgIpc) is 3.02. The van der Waals surface area contributed by atoms with Crippen molar-refractivity contribution < 1.29 is 0 Å². The molecule has 0 spiro atoms. The Labute approximate surface area is 135 Å². The Hall–Kier alpha value is -2.63. The monoisotopic (exact) mass is 308 g/mol. The summed E-state index contributed by atoms with van der Waals surface area (Å²) in [5.74, 6) is 0. The van der Waals surface area contributed by atoms with E-state index >= 15 is 0 Å². The van der Waals surface area contributed by atoms with Crippen LogP contribution in [-0.2, 0) is 0 Å². The van der Waals surface area contributed by atoms with Gasteiger partial charge in [-0.2, -0.15) is 9.61 Å². The molecule has 1 aliphatic heterocycles. The molecule has 0 radical (unpaired) electrons. The first kappa shape index (κ1) is 14.0. The predicted octanol–water partition coefficient (Wildman–Crippen LogP) is 2.07. The summed E-state index contributed by atoms with van der Waals surface area (Å²) in [5, 5.41) is 12.6. The van der Waals surface area contributed by atoms with Crippen molar-refractivity contribution in [2.75, 3.05) is 36.0 Å². The Morgan fingerprint density at radius 1 is 0.957 bits per heavy atom. The van der Waals surface area contributed by atoms with Crippen molar-refractivity contribution in [1.82, 2.24) is 19.8 Å². The maximum atomic E-state index is 4.42. The number of aromatic nitrogens is 4. The highest BCUT2D eigenvalue weighted by Crippen LogP contribution is 2.24. The Morgan fingerprint density at radius 3 is 2.52 bits per heavy atom. The van der Waals surface area contributed by atoms with Gasteiger partial charge in [-0.3, -0.25) is 0 Å². The van der Waals surface area contributed by atoms with Gasteiger partial charge in [0.2, 0.25) is 5.65 Å². The standard InChI is InChI=1S/C17H20N6/c1-13-4-3-5-15(10-13)21-6-8-22(9-7-21)16-11-14(2)20-23-12-18-19-17(16)23/h3-5,10-12H,6-9H2,1-2H3. The van der Waals surface area contributed by atoms with E-state index in [-0.39, 0.29) is 0 Å². The van der Waals surface area contributed by atoms with Gasteiger partial charge >= 0.3 is 0 Å². The highest BCUT2D eigenvalue weighted by atomic mass is 15.4. The molecule has 0 N–H and O–H groups in total. The first-order valence-corrected chi connectivity index (χ1v) is 7.95. The maximum Gasteiger partial charge on any atom is 0.200 e. The normalized spacial score (nSPS) is 15.4. The number of anilines is 2. The van der Waals surface area contributed by atoms with Crippen LogP contribution in [0.15, 0.2) is 36.7 Å². The van der Waals surface area contributed by atoms with E-state index in [2.05, 4.69) is 62.4 Å². The molecular formula is C17H20N6. The topological polar surface area (TPSA) is 49.6 Å². The van der Waals surface area contributed by atoms with E-state index < -0.39 is 0 Å². The molecule has 1 fully saturated rings. The lowest BCUT2D eigenvalue weighted by molar-refractivity contribution is 0.652. The summed E-state index contributed by atoms with van der Waals surface area (Å²) in [5.41, 5.74) is 5.55. The molecule has 3 aromatic rings. The molecule has 1 aromatic carbocycles. The summed E-state index contributed by atoms with van der Waals surface area (Å²) < 4.78 is 1.76. The molecule has 0 atom stereocenters. The third-order valence-corrected chi connectivity index (χ3v) is 4.36. The zero-order chi connectivity index (χ0) is 15.8. The molecule has 4 rings (SSSR count). The van der Waals surface area contributed by atoms with Crippen LogP contribution in [0.25, 0.3) is 5.65 Å². The van der Waals surface area contributed by atoms with E-state index in [1.165, 1.54) is 11.3 Å². The van der Waals surface area contributed by atoms with Gasteiger partial charge in [-0.05, 0) is 37.6 Å². The van der Waals surface area contributed by atoms with E-state index in [1.54, 1.807) is 10.8 Å². The molecule has 118 valence electrons. The lowest BCUT2D eigenvalue weighted by Gasteiger charge is -2.37. The Kier molecular flexibility index (Phi) is 3.37. The van der Waals surface area contributed by atoms with Gasteiger partial charge in [-0.25, -0.2) is 0 Å². The van der Waals surface area contributed by atoms with Crippen molar-refractivity contribution in [1.29, 1.82) is 0 Å². The van der Waals surface area contributed by atoms with Crippen molar-refractivity contribution in [3.8, 4) is 0 Å². The quantitative estimate of drug-likeness (QED) is 0.725. The zero-order valence-corrected chi connectivity index (χ0v) is 13.5. The molecule has 0 saturated carbocycles. The molecular weight excluding hydrogens is 288 g/mol. The number of hydrogen-bond donors (Lipinski definition) is 0. The summed E-state index contributed by atoms with van der Waals surface area (Å²) in [6.07, 6.45) is 1.66. The third kappa shape index (κ3) is 2.60. The molecule has 6 nitrogen and oxygen atoms in total. The molecule has 3 heterocycles. The molecule has 6 heteroatoms. The first-order valence-electron chi connectivity index (χ1n) is 7.95. The summed E-state index contributed by atoms with van der Waals surface area (Å²) in [6.45, 7) is 8.10. The predicted molar refractivity (Wildman–Crippen MR) is 91.1 cm³/mol. The average molecular weight is 308 g/mol. The Morgan fingerprint density at radius 2 is 1.74 bits per heavy atom. The van der Waals surface area contributed by atoms with Crippen LogP contribution in [0.2, 0.25) is 0 Å². The van der Waals surface area contributed by atoms with Crippen molar-refractivity contribution in [3.05, 3.63) is 47.9 Å². The van der Waals surface area contributed by atoms with Crippen molar-refractivity contribution >= 4 is 17.0 Å². The van der Waals surface area contributed by atoms with Crippen molar-refractivity contribution in [2.45, 2.75) is 13.8 Å². The number of rotatable bonds is 2. The van der Waals surface area contributed by atoms with Gasteiger partial charge in [0.05, 0.1) is 11.4 Å². The van der Waals surface area contributed by atoms with E-state index in [0.29, 0.717) is 0 Å². The van der Waals surface area contributed by atoms with E-state index in [0.717, 1.165) is 43.2 Å². The van der Waals surface area contributed by atoms with Crippen LogP contribution < -0.4 is 9.80 Å². The smallest absolute Gasteiger partial charge is 0.200 e. The summed E-state index contributed by atoms with van der Waals surface area (Å²) in [6, 6.07) is 10.8. The van der Waals surface area contributed by atoms with Crippen LogP contribution in [0, 0.1) is 13.8 Å². The van der Waals surface area contributed by atoms with Crippen LogP contribution in [0.5, 0.6) is 0 Å². The van der Waals surface area contributed by atoms with Crippen LogP contribution in [-0.4, -0.2) is 46.0 Å². The second-order valence-corrected chi connectivity index (χ2v) is 6.08. The number of fused-ring (bicyclic) bond motifs is 1. The number of benzene rings is 1. The molecule has 23 heavy (non-hydrogen) atoms. The van der Waals surface area contributed by atoms with Gasteiger partial charge in [-0.1, -0.05) is 12.1 Å². The molecule has 0 amide bonds. The Bertz CT molecular complexity index is 832. The first-order chi connectivity index (χ1) is 11.2. The summed E-state index contributed by atoms with van der Waals surface area (Å²) in [7, 11) is 0. The van der Waals surface area contributed by atoms with Crippen molar-refractivity contribution in [3.63, 3.8) is 0 Å². The zero-order valence-electron chi connectivity index (χ0n) is 13.5. The molecule has 0 aliphatic carbocycles. The summed E-state index contributed by atoms with van der Waals surface area (Å²) in [4.78, 5) is 4.82. The van der Waals surface area contributed by atoms with Gasteiger partial charge in [0.25, 0.3) is 0 Å². The fourth-order valence-corrected chi connectivity index (χ4v) is 3.20. The number of piperazine rings is 1. The van der Waals surface area contributed by atoms with Crippen LogP contribution in [0.1, 0.15) is 11.3 Å². The van der Waals surface area contributed by atoms with Gasteiger partial charge in [0.15, 0.2) is 0 Å². The van der Waals surface area contributed by atoms with Crippen LogP contribution in [0.3, 0.4) is 0 Å². The molecule has 2 aromatic heterocycles. The van der Waals surface area contributed by atoms with E-state index in [9.17, 15) is 0 Å². The molecule has 1 aliphatic rings. The second-order valence-electron chi connectivity index (χ2n) is 6.08. The second kappa shape index (κ2) is 5.53. The minimum atomic E-state index is 0.833. The lowest BCUT2D eigenvalue weighted by Crippen LogP contribution is -2.46. The van der Waals surface area contributed by atoms with Gasteiger partial charge in [0, 0.05) is 31.9 Å². The van der Waals surface area contributed by atoms with E-state index in [4.69, 9.17) is 0 Å². The van der Waals surface area contributed by atoms with E-state index in [1.807, 2.05) is 6.92 Å². The SMILES string of the molecule is Cc1cccc(N2CCN(c3cc(C)nn4cnnc34)CC2)c1. The highest BCUT2D eigenvalue weighted by molar-refractivity contribution is 5.69. The lowest BCUT2D eigenvalue weighted by atomic mass is 10.2. The highest BCUT2D eigenvalue weighted by Gasteiger charge is 2.20. The Balaban J connectivity index is 1.56. The minimum absolute atomic E-state index is 0.833. The molecule has 1 saturated heterocycles. The number of aryl methyl sites for hydroxylation is 2. The number of nitrogens with zero attached hydrogens (tertiary/aromatic N) is 6. The maximum absolute atomic E-state index is 4.42. The minimum Gasteiger partial charge on any atom is -0.368 e. The summed E-state index contributed by atoms with van der Waals surface area (Å²) >= 11 is 0. The van der Waals surface area contributed by atoms with Crippen molar-refractivity contribution in [2.24, 2.45) is 0 Å². The van der Waals surface area contributed by atoms with Gasteiger partial charge < -0.3 is 9.80 Å². The fourth-order valence-electron chi connectivity index (χ4n) is 3.20. The number of hydrogen-bond acceptors (Lipinski definition) is 5. The van der Waals surface area contributed by atoms with Gasteiger partial charge in [0.1, 0.15) is 6.33 Å². The van der Waals surface area contributed by atoms with Crippen LogP contribution in [0.4, 0.5) is 11.4 Å². The van der Waals surface area contributed by atoms with Gasteiger partial charge in [-0.15, -0.1) is 10.2 Å². The van der Waals surface area contributed by atoms with Crippen LogP contribution >= 0.6 is 0 Å². The largest absolute Gasteiger partial charge is 0.368 e. The molecule has 0 unspecified atom stereocenters. The molecule has 0 bridgehead atoms. The third-order valence-electron chi connectivity index (χ3n) is 4.36.